The van der Waals surface area contributed by atoms with Gasteiger partial charge in [-0.2, -0.15) is 0 Å². The highest BCUT2D eigenvalue weighted by atomic mass is 16.2. The second-order valence-corrected chi connectivity index (χ2v) is 6.07. The van der Waals surface area contributed by atoms with E-state index in [4.69, 9.17) is 5.73 Å². The maximum atomic E-state index is 12.0. The van der Waals surface area contributed by atoms with Crippen LogP contribution in [-0.2, 0) is 4.79 Å². The van der Waals surface area contributed by atoms with Crippen LogP contribution in [0.5, 0.6) is 0 Å². The van der Waals surface area contributed by atoms with Gasteiger partial charge in [-0.15, -0.1) is 0 Å². The summed E-state index contributed by atoms with van der Waals surface area (Å²) in [5.74, 6) is 0.198. The SMILES string of the molecule is CCCCCCCCCCNC(=O)C1(CN)CCC1. The van der Waals surface area contributed by atoms with Gasteiger partial charge in [0.25, 0.3) is 0 Å². The molecular weight excluding hydrogens is 236 g/mol. The second kappa shape index (κ2) is 9.35. The molecule has 1 fully saturated rings. The van der Waals surface area contributed by atoms with E-state index >= 15 is 0 Å². The third kappa shape index (κ3) is 5.52. The second-order valence-electron chi connectivity index (χ2n) is 6.07. The molecule has 112 valence electrons. The van der Waals surface area contributed by atoms with Crippen molar-refractivity contribution >= 4 is 5.91 Å². The fourth-order valence-corrected chi connectivity index (χ4v) is 2.78. The molecule has 3 nitrogen and oxygen atoms in total. The van der Waals surface area contributed by atoms with Crippen LogP contribution in [0.25, 0.3) is 0 Å². The van der Waals surface area contributed by atoms with Crippen molar-refractivity contribution in [1.82, 2.24) is 5.32 Å². The van der Waals surface area contributed by atoms with E-state index in [-0.39, 0.29) is 11.3 Å². The van der Waals surface area contributed by atoms with E-state index in [9.17, 15) is 4.79 Å². The lowest BCUT2D eigenvalue weighted by molar-refractivity contribution is -0.135. The molecule has 1 amide bonds. The quantitative estimate of drug-likeness (QED) is 0.564. The number of amides is 1. The average Bonchev–Trinajstić information content (AvgIpc) is 2.36. The minimum absolute atomic E-state index is 0.198. The third-order valence-electron chi connectivity index (χ3n) is 4.50. The predicted molar refractivity (Wildman–Crippen MR) is 81.0 cm³/mol. The molecule has 19 heavy (non-hydrogen) atoms. The van der Waals surface area contributed by atoms with Crippen molar-refractivity contribution in [1.29, 1.82) is 0 Å². The van der Waals surface area contributed by atoms with Crippen molar-refractivity contribution in [2.75, 3.05) is 13.1 Å². The molecular formula is C16H32N2O. The fourth-order valence-electron chi connectivity index (χ4n) is 2.78. The molecule has 0 aromatic rings. The molecule has 0 unspecified atom stereocenters. The third-order valence-corrected chi connectivity index (χ3v) is 4.50. The molecule has 0 bridgehead atoms. The van der Waals surface area contributed by atoms with Gasteiger partial charge in [0.15, 0.2) is 0 Å². The van der Waals surface area contributed by atoms with Crippen molar-refractivity contribution in [2.45, 2.75) is 77.6 Å². The van der Waals surface area contributed by atoms with E-state index in [2.05, 4.69) is 12.2 Å². The first-order valence-electron chi connectivity index (χ1n) is 8.23. The van der Waals surface area contributed by atoms with Gasteiger partial charge in [-0.3, -0.25) is 4.79 Å². The minimum Gasteiger partial charge on any atom is -0.356 e. The molecule has 0 heterocycles. The van der Waals surface area contributed by atoms with Gasteiger partial charge in [0.2, 0.25) is 5.91 Å². The van der Waals surface area contributed by atoms with Gasteiger partial charge < -0.3 is 11.1 Å². The van der Waals surface area contributed by atoms with Gasteiger partial charge in [0.1, 0.15) is 0 Å². The largest absolute Gasteiger partial charge is 0.356 e. The highest BCUT2D eigenvalue weighted by molar-refractivity contribution is 5.83. The van der Waals surface area contributed by atoms with Crippen LogP contribution in [0.3, 0.4) is 0 Å². The Bertz CT molecular complexity index is 244. The number of carbonyl (C=O) groups is 1. The fraction of sp³-hybridized carbons (Fsp3) is 0.938. The Kier molecular flexibility index (Phi) is 8.11. The first-order valence-corrected chi connectivity index (χ1v) is 8.23. The van der Waals surface area contributed by atoms with E-state index in [0.717, 1.165) is 32.2 Å². The summed E-state index contributed by atoms with van der Waals surface area (Å²) in [5, 5.41) is 3.07. The molecule has 0 aromatic carbocycles. The summed E-state index contributed by atoms with van der Waals surface area (Å²) in [7, 11) is 0. The smallest absolute Gasteiger partial charge is 0.227 e. The zero-order valence-electron chi connectivity index (χ0n) is 12.7. The summed E-state index contributed by atoms with van der Waals surface area (Å²) in [5.41, 5.74) is 5.51. The van der Waals surface area contributed by atoms with Crippen molar-refractivity contribution in [3.63, 3.8) is 0 Å². The molecule has 0 atom stereocenters. The molecule has 0 aromatic heterocycles. The van der Waals surface area contributed by atoms with Crippen LogP contribution in [0.1, 0.15) is 77.6 Å². The Labute approximate surface area is 118 Å². The zero-order valence-corrected chi connectivity index (χ0v) is 12.7. The predicted octanol–water partition coefficient (Wildman–Crippen LogP) is 3.37. The van der Waals surface area contributed by atoms with Crippen LogP contribution in [0.2, 0.25) is 0 Å². The maximum Gasteiger partial charge on any atom is 0.227 e. The standard InChI is InChI=1S/C16H32N2O/c1-2-3-4-5-6-7-8-9-13-18-15(19)16(14-17)11-10-12-16/h2-14,17H2,1H3,(H,18,19). The normalized spacial score (nSPS) is 16.9. The Balaban J connectivity index is 1.92. The van der Waals surface area contributed by atoms with E-state index < -0.39 is 0 Å². The van der Waals surface area contributed by atoms with Crippen molar-refractivity contribution in [3.8, 4) is 0 Å². The van der Waals surface area contributed by atoms with Crippen LogP contribution in [0.15, 0.2) is 0 Å². The van der Waals surface area contributed by atoms with Crippen molar-refractivity contribution < 1.29 is 4.79 Å². The summed E-state index contributed by atoms with van der Waals surface area (Å²) < 4.78 is 0. The lowest BCUT2D eigenvalue weighted by Gasteiger charge is -2.39. The summed E-state index contributed by atoms with van der Waals surface area (Å²) in [4.78, 5) is 12.0. The lowest BCUT2D eigenvalue weighted by Crippen LogP contribution is -2.50. The van der Waals surface area contributed by atoms with Crippen molar-refractivity contribution in [2.24, 2.45) is 11.1 Å². The number of hydrogen-bond donors (Lipinski definition) is 2. The molecule has 3 N–H and O–H groups in total. The summed E-state index contributed by atoms with van der Waals surface area (Å²) in [6, 6.07) is 0. The van der Waals surface area contributed by atoms with Crippen LogP contribution in [0.4, 0.5) is 0 Å². The maximum absolute atomic E-state index is 12.0. The highest BCUT2D eigenvalue weighted by Crippen LogP contribution is 2.39. The minimum atomic E-state index is -0.208. The average molecular weight is 268 g/mol. The topological polar surface area (TPSA) is 55.1 Å². The molecule has 1 aliphatic carbocycles. The number of nitrogens with one attached hydrogen (secondary N) is 1. The van der Waals surface area contributed by atoms with Gasteiger partial charge >= 0.3 is 0 Å². The van der Waals surface area contributed by atoms with Crippen LogP contribution >= 0.6 is 0 Å². The molecule has 1 aliphatic rings. The van der Waals surface area contributed by atoms with Crippen molar-refractivity contribution in [3.05, 3.63) is 0 Å². The molecule has 0 aliphatic heterocycles. The van der Waals surface area contributed by atoms with Gasteiger partial charge in [-0.25, -0.2) is 0 Å². The lowest BCUT2D eigenvalue weighted by atomic mass is 9.68. The Morgan fingerprint density at radius 1 is 1.05 bits per heavy atom. The number of unbranched alkanes of at least 4 members (excludes halogenated alkanes) is 7. The molecule has 0 spiro atoms. The van der Waals surface area contributed by atoms with Crippen LogP contribution < -0.4 is 11.1 Å². The zero-order chi connectivity index (χ0) is 14.0. The van der Waals surface area contributed by atoms with E-state index in [1.807, 2.05) is 0 Å². The number of rotatable bonds is 11. The number of carbonyl (C=O) groups excluding carboxylic acids is 1. The highest BCUT2D eigenvalue weighted by Gasteiger charge is 2.42. The van der Waals surface area contributed by atoms with Crippen LogP contribution in [0, 0.1) is 5.41 Å². The molecule has 1 rings (SSSR count). The molecule has 1 saturated carbocycles. The number of hydrogen-bond acceptors (Lipinski definition) is 2. The van der Waals surface area contributed by atoms with Gasteiger partial charge in [0.05, 0.1) is 5.41 Å². The molecule has 3 heteroatoms. The Morgan fingerprint density at radius 3 is 2.11 bits per heavy atom. The summed E-state index contributed by atoms with van der Waals surface area (Å²) in [6.07, 6.45) is 13.6. The summed E-state index contributed by atoms with van der Waals surface area (Å²) in [6.45, 7) is 3.59. The monoisotopic (exact) mass is 268 g/mol. The molecule has 0 radical (unpaired) electrons. The van der Waals surface area contributed by atoms with E-state index in [1.54, 1.807) is 0 Å². The van der Waals surface area contributed by atoms with Gasteiger partial charge in [0, 0.05) is 13.1 Å². The Hall–Kier alpha value is -0.570. The molecule has 0 saturated heterocycles. The van der Waals surface area contributed by atoms with E-state index in [1.165, 1.54) is 44.9 Å². The van der Waals surface area contributed by atoms with E-state index in [0.29, 0.717) is 6.54 Å². The van der Waals surface area contributed by atoms with Gasteiger partial charge in [-0.05, 0) is 19.3 Å². The Morgan fingerprint density at radius 2 is 1.63 bits per heavy atom. The number of nitrogens with two attached hydrogens (primary N) is 1. The first kappa shape index (κ1) is 16.5. The summed E-state index contributed by atoms with van der Waals surface area (Å²) >= 11 is 0. The first-order chi connectivity index (χ1) is 9.25. The van der Waals surface area contributed by atoms with Crippen LogP contribution in [-0.4, -0.2) is 19.0 Å². The van der Waals surface area contributed by atoms with Gasteiger partial charge in [-0.1, -0.05) is 58.3 Å².